The summed E-state index contributed by atoms with van der Waals surface area (Å²) in [5.41, 5.74) is 0.333. The molecule has 1 N–H and O–H groups in total. The predicted molar refractivity (Wildman–Crippen MR) is 68.6 cm³/mol. The molecule has 6 nitrogen and oxygen atoms in total. The number of esters is 1. The molecule has 106 valence electrons. The van der Waals surface area contributed by atoms with Gasteiger partial charge in [0.05, 0.1) is 6.61 Å². The Hall–Kier alpha value is -0.920. The molecule has 1 atom stereocenters. The highest BCUT2D eigenvalue weighted by Gasteiger charge is 2.24. The Morgan fingerprint density at radius 2 is 1.94 bits per heavy atom. The second kappa shape index (κ2) is 7.50. The van der Waals surface area contributed by atoms with E-state index in [1.165, 1.54) is 4.90 Å². The maximum atomic E-state index is 11.1. The first-order valence-electron chi connectivity index (χ1n) is 5.61. The minimum absolute atomic E-state index is 0.220. The lowest BCUT2D eigenvalue weighted by Crippen LogP contribution is -2.35. The van der Waals surface area contributed by atoms with Crippen LogP contribution in [0.3, 0.4) is 0 Å². The van der Waals surface area contributed by atoms with Gasteiger partial charge < -0.3 is 4.74 Å². The van der Waals surface area contributed by atoms with Crippen LogP contribution in [0.4, 0.5) is 0 Å². The van der Waals surface area contributed by atoms with Gasteiger partial charge >= 0.3 is 5.97 Å². The van der Waals surface area contributed by atoms with Gasteiger partial charge in [-0.2, -0.15) is 8.42 Å². The largest absolute Gasteiger partial charge is 0.462 e. The number of hydrogen-bond acceptors (Lipinski definition) is 5. The number of rotatable bonds is 8. The first-order chi connectivity index (χ1) is 8.16. The van der Waals surface area contributed by atoms with Gasteiger partial charge in [-0.15, -0.1) is 0 Å². The normalized spacial score (nSPS) is 13.4. The van der Waals surface area contributed by atoms with Crippen LogP contribution in [-0.4, -0.2) is 49.9 Å². The topological polar surface area (TPSA) is 83.9 Å². The van der Waals surface area contributed by atoms with Crippen LogP contribution < -0.4 is 0 Å². The van der Waals surface area contributed by atoms with Gasteiger partial charge in [0.15, 0.2) is 0 Å². The average Bonchev–Trinajstić information content (AvgIpc) is 2.19. The van der Waals surface area contributed by atoms with E-state index < -0.39 is 21.5 Å². The monoisotopic (exact) mass is 279 g/mol. The highest BCUT2D eigenvalue weighted by molar-refractivity contribution is 7.86. The smallest absolute Gasteiger partial charge is 0.333 e. The Morgan fingerprint density at radius 3 is 2.33 bits per heavy atom. The fourth-order valence-electron chi connectivity index (χ4n) is 1.38. The Morgan fingerprint density at radius 1 is 1.39 bits per heavy atom. The summed E-state index contributed by atoms with van der Waals surface area (Å²) in [6.07, 6.45) is 1.36. The Balaban J connectivity index is 3.96. The van der Waals surface area contributed by atoms with Gasteiger partial charge in [-0.1, -0.05) is 6.58 Å². The molecule has 1 unspecified atom stereocenters. The first kappa shape index (κ1) is 17.1. The molecular formula is C11H21NO5S. The SMILES string of the molecule is C=C(C)C(=O)OCCCCC(N(C)C)S(=O)(=O)O. The third kappa shape index (κ3) is 6.73. The molecule has 0 rings (SSSR count). The van der Waals surface area contributed by atoms with E-state index in [-0.39, 0.29) is 13.0 Å². The fourth-order valence-corrected chi connectivity index (χ4v) is 2.38. The highest BCUT2D eigenvalue weighted by Crippen LogP contribution is 2.11. The summed E-state index contributed by atoms with van der Waals surface area (Å²) >= 11 is 0. The van der Waals surface area contributed by atoms with Gasteiger partial charge in [-0.3, -0.25) is 9.45 Å². The van der Waals surface area contributed by atoms with E-state index in [0.29, 0.717) is 18.4 Å². The molecular weight excluding hydrogens is 258 g/mol. The van der Waals surface area contributed by atoms with Crippen molar-refractivity contribution in [3.05, 3.63) is 12.2 Å². The van der Waals surface area contributed by atoms with Gasteiger partial charge in [0.1, 0.15) is 5.37 Å². The van der Waals surface area contributed by atoms with E-state index in [0.717, 1.165) is 0 Å². The van der Waals surface area contributed by atoms with Crippen LogP contribution in [0.1, 0.15) is 26.2 Å². The van der Waals surface area contributed by atoms with Gasteiger partial charge in [-0.05, 0) is 40.3 Å². The molecule has 18 heavy (non-hydrogen) atoms. The van der Waals surface area contributed by atoms with Crippen molar-refractivity contribution in [3.63, 3.8) is 0 Å². The molecule has 0 bridgehead atoms. The fraction of sp³-hybridized carbons (Fsp3) is 0.727. The molecule has 0 radical (unpaired) electrons. The predicted octanol–water partition coefficient (Wildman–Crippen LogP) is 1.05. The second-order valence-electron chi connectivity index (χ2n) is 4.35. The molecule has 0 aromatic rings. The summed E-state index contributed by atoms with van der Waals surface area (Å²) in [6, 6.07) is 0. The van der Waals surface area contributed by atoms with E-state index in [1.807, 2.05) is 0 Å². The maximum absolute atomic E-state index is 11.1. The number of ether oxygens (including phenoxy) is 1. The van der Waals surface area contributed by atoms with Crippen molar-refractivity contribution in [2.45, 2.75) is 31.6 Å². The quantitative estimate of drug-likeness (QED) is 0.309. The summed E-state index contributed by atoms with van der Waals surface area (Å²) in [7, 11) is -0.911. The first-order valence-corrected chi connectivity index (χ1v) is 7.12. The molecule has 0 aliphatic carbocycles. The minimum atomic E-state index is -4.08. The van der Waals surface area contributed by atoms with Crippen LogP contribution in [0.15, 0.2) is 12.2 Å². The summed E-state index contributed by atoms with van der Waals surface area (Å²) in [4.78, 5) is 12.5. The van der Waals surface area contributed by atoms with Crippen molar-refractivity contribution in [1.29, 1.82) is 0 Å². The van der Waals surface area contributed by atoms with Crippen LogP contribution in [-0.2, 0) is 19.6 Å². The van der Waals surface area contributed by atoms with Crippen LogP contribution in [0.2, 0.25) is 0 Å². The molecule has 0 saturated carbocycles. The third-order valence-electron chi connectivity index (χ3n) is 2.35. The highest BCUT2D eigenvalue weighted by atomic mass is 32.2. The Bertz CT molecular complexity index is 388. The summed E-state index contributed by atoms with van der Waals surface area (Å²) in [6.45, 7) is 5.22. The zero-order valence-corrected chi connectivity index (χ0v) is 11.9. The second-order valence-corrected chi connectivity index (χ2v) is 5.92. The number of nitrogens with zero attached hydrogens (tertiary/aromatic N) is 1. The molecule has 0 amide bonds. The van der Waals surface area contributed by atoms with Crippen molar-refractivity contribution >= 4 is 16.1 Å². The zero-order valence-electron chi connectivity index (χ0n) is 11.0. The summed E-state index contributed by atoms with van der Waals surface area (Å²) < 4.78 is 36.0. The zero-order chi connectivity index (χ0) is 14.3. The van der Waals surface area contributed by atoms with Crippen LogP contribution in [0, 0.1) is 0 Å². The molecule has 0 saturated heterocycles. The van der Waals surface area contributed by atoms with Crippen molar-refractivity contribution in [1.82, 2.24) is 4.90 Å². The van der Waals surface area contributed by atoms with Gasteiger partial charge in [-0.25, -0.2) is 4.79 Å². The van der Waals surface area contributed by atoms with Crippen molar-refractivity contribution < 1.29 is 22.5 Å². The molecule has 7 heteroatoms. The molecule has 0 aliphatic heterocycles. The van der Waals surface area contributed by atoms with Crippen LogP contribution >= 0.6 is 0 Å². The maximum Gasteiger partial charge on any atom is 0.333 e. The Labute approximate surface area is 108 Å². The average molecular weight is 279 g/mol. The van der Waals surface area contributed by atoms with Crippen molar-refractivity contribution in [2.24, 2.45) is 0 Å². The van der Waals surface area contributed by atoms with Gasteiger partial charge in [0.25, 0.3) is 10.1 Å². The molecule has 0 aliphatic rings. The lowest BCUT2D eigenvalue weighted by Gasteiger charge is -2.20. The van der Waals surface area contributed by atoms with E-state index in [1.54, 1.807) is 21.0 Å². The minimum Gasteiger partial charge on any atom is -0.462 e. The number of unbranched alkanes of at least 4 members (excludes halogenated alkanes) is 1. The summed E-state index contributed by atoms with van der Waals surface area (Å²) in [5, 5.41) is -0.922. The van der Waals surface area contributed by atoms with E-state index in [9.17, 15) is 13.2 Å². The molecule has 0 fully saturated rings. The van der Waals surface area contributed by atoms with Gasteiger partial charge in [0.2, 0.25) is 0 Å². The summed E-state index contributed by atoms with van der Waals surface area (Å²) in [5.74, 6) is -0.450. The van der Waals surface area contributed by atoms with Gasteiger partial charge in [0, 0.05) is 5.57 Å². The Kier molecular flexibility index (Phi) is 7.12. The van der Waals surface area contributed by atoms with E-state index in [4.69, 9.17) is 9.29 Å². The molecule has 0 heterocycles. The lowest BCUT2D eigenvalue weighted by atomic mass is 10.2. The molecule has 0 aromatic carbocycles. The number of carbonyl (C=O) groups is 1. The van der Waals surface area contributed by atoms with Crippen LogP contribution in [0.5, 0.6) is 0 Å². The molecule has 0 aromatic heterocycles. The van der Waals surface area contributed by atoms with E-state index >= 15 is 0 Å². The van der Waals surface area contributed by atoms with Crippen LogP contribution in [0.25, 0.3) is 0 Å². The number of carbonyl (C=O) groups excluding carboxylic acids is 1. The van der Waals surface area contributed by atoms with Crippen molar-refractivity contribution in [2.75, 3.05) is 20.7 Å². The lowest BCUT2D eigenvalue weighted by molar-refractivity contribution is -0.139. The van der Waals surface area contributed by atoms with E-state index in [2.05, 4.69) is 6.58 Å². The molecule has 0 spiro atoms. The van der Waals surface area contributed by atoms with Crippen molar-refractivity contribution in [3.8, 4) is 0 Å². The standard InChI is InChI=1S/C11H21NO5S/c1-9(2)11(13)17-8-6-5-7-10(12(3)4)18(14,15)16/h10H,1,5-8H2,2-4H3,(H,14,15,16). The number of hydrogen-bond donors (Lipinski definition) is 1. The third-order valence-corrected chi connectivity index (χ3v) is 3.69.